The number of nitriles is 1. The minimum absolute atomic E-state index is 0.0930. The molecule has 0 spiro atoms. The fourth-order valence-electron chi connectivity index (χ4n) is 1.45. The molecule has 6 nitrogen and oxygen atoms in total. The Kier molecular flexibility index (Phi) is 4.49. The molecule has 9 heteroatoms. The number of pyridine rings is 1. The molecule has 0 saturated carbocycles. The zero-order valence-electron chi connectivity index (χ0n) is 10.6. The molecule has 2 heterocycles. The summed E-state index contributed by atoms with van der Waals surface area (Å²) >= 11 is 0. The SMILES string of the molecule is N#Cc1cc(-c2nc(CCOCC(F)(F)F)no2)ccn1. The Morgan fingerprint density at radius 3 is 2.90 bits per heavy atom. The molecule has 0 aliphatic carbocycles. The van der Waals surface area contributed by atoms with Crippen molar-refractivity contribution >= 4 is 0 Å². The van der Waals surface area contributed by atoms with E-state index in [1.165, 1.54) is 12.3 Å². The summed E-state index contributed by atoms with van der Waals surface area (Å²) < 4.78 is 45.0. The maximum Gasteiger partial charge on any atom is 0.411 e. The van der Waals surface area contributed by atoms with Crippen LogP contribution in [0.2, 0.25) is 0 Å². The topological polar surface area (TPSA) is 84.8 Å². The zero-order valence-corrected chi connectivity index (χ0v) is 10.6. The van der Waals surface area contributed by atoms with E-state index >= 15 is 0 Å². The van der Waals surface area contributed by atoms with Gasteiger partial charge in [0, 0.05) is 18.2 Å². The summed E-state index contributed by atoms with van der Waals surface area (Å²) in [5.74, 6) is 0.391. The molecule has 0 saturated heterocycles. The lowest BCUT2D eigenvalue weighted by atomic mass is 10.2. The first-order chi connectivity index (χ1) is 9.98. The van der Waals surface area contributed by atoms with Crippen molar-refractivity contribution in [2.24, 2.45) is 0 Å². The Hall–Kier alpha value is -2.47. The second-order valence-corrected chi connectivity index (χ2v) is 3.98. The van der Waals surface area contributed by atoms with Crippen LogP contribution in [0.25, 0.3) is 11.5 Å². The summed E-state index contributed by atoms with van der Waals surface area (Å²) in [6, 6.07) is 4.92. The molecule has 2 aromatic heterocycles. The maximum atomic E-state index is 11.9. The van der Waals surface area contributed by atoms with Gasteiger partial charge in [0.15, 0.2) is 5.82 Å². The van der Waals surface area contributed by atoms with E-state index in [-0.39, 0.29) is 30.4 Å². The van der Waals surface area contributed by atoms with E-state index < -0.39 is 12.8 Å². The third-order valence-electron chi connectivity index (χ3n) is 2.33. The van der Waals surface area contributed by atoms with Gasteiger partial charge in [-0.25, -0.2) is 4.98 Å². The molecule has 21 heavy (non-hydrogen) atoms. The minimum Gasteiger partial charge on any atom is -0.372 e. The Morgan fingerprint density at radius 1 is 1.38 bits per heavy atom. The number of hydrogen-bond acceptors (Lipinski definition) is 6. The molecule has 0 radical (unpaired) electrons. The molecule has 2 rings (SSSR count). The normalized spacial score (nSPS) is 11.3. The van der Waals surface area contributed by atoms with Crippen LogP contribution in [0.4, 0.5) is 13.2 Å². The average Bonchev–Trinajstić information content (AvgIpc) is 2.91. The molecule has 0 fully saturated rings. The van der Waals surface area contributed by atoms with Crippen LogP contribution in [-0.2, 0) is 11.2 Å². The van der Waals surface area contributed by atoms with Crippen molar-refractivity contribution in [3.05, 3.63) is 29.8 Å². The van der Waals surface area contributed by atoms with Crippen LogP contribution >= 0.6 is 0 Å². The van der Waals surface area contributed by atoms with E-state index in [4.69, 9.17) is 9.78 Å². The lowest BCUT2D eigenvalue weighted by Crippen LogP contribution is -2.18. The highest BCUT2D eigenvalue weighted by molar-refractivity contribution is 5.53. The summed E-state index contributed by atoms with van der Waals surface area (Å²) in [7, 11) is 0. The Morgan fingerprint density at radius 2 is 2.19 bits per heavy atom. The highest BCUT2D eigenvalue weighted by atomic mass is 19.4. The number of alkyl halides is 3. The Labute approximate surface area is 117 Å². The van der Waals surface area contributed by atoms with Crippen LogP contribution in [0.5, 0.6) is 0 Å². The number of halogens is 3. The number of ether oxygens (including phenoxy) is 1. The number of rotatable bonds is 5. The summed E-state index contributed by atoms with van der Waals surface area (Å²) in [6.07, 6.45) is -2.84. The van der Waals surface area contributed by atoms with E-state index in [1.807, 2.05) is 6.07 Å². The van der Waals surface area contributed by atoms with Crippen LogP contribution in [0.3, 0.4) is 0 Å². The molecule has 2 aromatic rings. The fraction of sp³-hybridized carbons (Fsp3) is 0.333. The maximum absolute atomic E-state index is 11.9. The second-order valence-electron chi connectivity index (χ2n) is 3.98. The van der Waals surface area contributed by atoms with Crippen LogP contribution in [-0.4, -0.2) is 34.5 Å². The van der Waals surface area contributed by atoms with Gasteiger partial charge in [0.2, 0.25) is 0 Å². The van der Waals surface area contributed by atoms with E-state index in [0.29, 0.717) is 5.56 Å². The van der Waals surface area contributed by atoms with Gasteiger partial charge >= 0.3 is 6.18 Å². The molecular weight excluding hydrogens is 289 g/mol. The lowest BCUT2D eigenvalue weighted by Gasteiger charge is -2.05. The molecule has 0 bridgehead atoms. The van der Waals surface area contributed by atoms with Crippen molar-refractivity contribution in [3.8, 4) is 17.5 Å². The number of nitrogens with zero attached hydrogens (tertiary/aromatic N) is 4. The third kappa shape index (κ3) is 4.54. The van der Waals surface area contributed by atoms with Gasteiger partial charge in [0.05, 0.1) is 6.61 Å². The van der Waals surface area contributed by atoms with Crippen molar-refractivity contribution in [1.29, 1.82) is 5.26 Å². The van der Waals surface area contributed by atoms with Gasteiger partial charge in [0.1, 0.15) is 18.4 Å². The number of hydrogen-bond donors (Lipinski definition) is 0. The Balaban J connectivity index is 1.94. The first-order valence-electron chi connectivity index (χ1n) is 5.81. The molecule has 0 aliphatic heterocycles. The summed E-state index contributed by atoms with van der Waals surface area (Å²) in [5.41, 5.74) is 0.706. The van der Waals surface area contributed by atoms with Crippen molar-refractivity contribution in [2.75, 3.05) is 13.2 Å². The highest BCUT2D eigenvalue weighted by Crippen LogP contribution is 2.17. The monoisotopic (exact) mass is 298 g/mol. The van der Waals surface area contributed by atoms with E-state index in [9.17, 15) is 13.2 Å². The van der Waals surface area contributed by atoms with Crippen LogP contribution < -0.4 is 0 Å². The van der Waals surface area contributed by atoms with E-state index in [0.717, 1.165) is 0 Å². The first kappa shape index (κ1) is 14.9. The fourth-order valence-corrected chi connectivity index (χ4v) is 1.45. The minimum atomic E-state index is -4.35. The standard InChI is InChI=1S/C12H9F3N4O2/c13-12(14,15)7-20-4-2-10-18-11(21-19-10)8-1-3-17-9(5-8)6-16/h1,3,5H,2,4,7H2. The van der Waals surface area contributed by atoms with Crippen LogP contribution in [0.15, 0.2) is 22.9 Å². The second kappa shape index (κ2) is 6.32. The molecule has 0 unspecified atom stereocenters. The summed E-state index contributed by atoms with van der Waals surface area (Å²) in [4.78, 5) is 7.81. The predicted octanol–water partition coefficient (Wildman–Crippen LogP) is 2.12. The van der Waals surface area contributed by atoms with Gasteiger partial charge in [-0.05, 0) is 12.1 Å². The van der Waals surface area contributed by atoms with Gasteiger partial charge in [-0.3, -0.25) is 0 Å². The third-order valence-corrected chi connectivity index (χ3v) is 2.33. The van der Waals surface area contributed by atoms with Crippen molar-refractivity contribution < 1.29 is 22.4 Å². The van der Waals surface area contributed by atoms with Crippen molar-refractivity contribution in [3.63, 3.8) is 0 Å². The summed E-state index contributed by atoms with van der Waals surface area (Å²) in [6.45, 7) is -1.48. The summed E-state index contributed by atoms with van der Waals surface area (Å²) in [5, 5.41) is 12.4. The zero-order chi connectivity index (χ0) is 15.3. The molecular formula is C12H9F3N4O2. The van der Waals surface area contributed by atoms with Gasteiger partial charge in [-0.1, -0.05) is 5.16 Å². The van der Waals surface area contributed by atoms with Crippen molar-refractivity contribution in [2.45, 2.75) is 12.6 Å². The molecule has 110 valence electrons. The molecule has 0 amide bonds. The average molecular weight is 298 g/mol. The molecule has 0 atom stereocenters. The van der Waals surface area contributed by atoms with E-state index in [1.54, 1.807) is 6.07 Å². The van der Waals surface area contributed by atoms with Crippen LogP contribution in [0, 0.1) is 11.3 Å². The van der Waals surface area contributed by atoms with Gasteiger partial charge in [0.25, 0.3) is 5.89 Å². The molecule has 0 aromatic carbocycles. The lowest BCUT2D eigenvalue weighted by molar-refractivity contribution is -0.173. The molecule has 0 N–H and O–H groups in total. The van der Waals surface area contributed by atoms with Gasteiger partial charge < -0.3 is 9.26 Å². The molecule has 0 aliphatic rings. The van der Waals surface area contributed by atoms with E-state index in [2.05, 4.69) is 19.9 Å². The largest absolute Gasteiger partial charge is 0.411 e. The number of aromatic nitrogens is 3. The first-order valence-corrected chi connectivity index (χ1v) is 5.81. The smallest absolute Gasteiger partial charge is 0.372 e. The Bertz CT molecular complexity index is 648. The quantitative estimate of drug-likeness (QED) is 0.786. The van der Waals surface area contributed by atoms with Gasteiger partial charge in [-0.2, -0.15) is 23.4 Å². The predicted molar refractivity (Wildman–Crippen MR) is 62.8 cm³/mol. The van der Waals surface area contributed by atoms with Crippen LogP contribution in [0.1, 0.15) is 11.5 Å². The van der Waals surface area contributed by atoms with Crippen molar-refractivity contribution in [1.82, 2.24) is 15.1 Å². The van der Waals surface area contributed by atoms with Gasteiger partial charge in [-0.15, -0.1) is 0 Å². The highest BCUT2D eigenvalue weighted by Gasteiger charge is 2.27.